The maximum absolute atomic E-state index is 11.2. The van der Waals surface area contributed by atoms with E-state index >= 15 is 0 Å². The highest BCUT2D eigenvalue weighted by molar-refractivity contribution is 6.05. The Hall–Kier alpha value is -1.64. The molecule has 1 aromatic heterocycles. The Morgan fingerprint density at radius 2 is 2.50 bits per heavy atom. The minimum Gasteiger partial charge on any atom is -0.496 e. The van der Waals surface area contributed by atoms with Crippen molar-refractivity contribution in [3.05, 3.63) is 36.7 Å². The molecule has 0 unspecified atom stereocenters. The molecule has 0 radical (unpaired) electrons. The van der Waals surface area contributed by atoms with Crippen LogP contribution in [0.4, 0.5) is 0 Å². The summed E-state index contributed by atoms with van der Waals surface area (Å²) in [6.45, 7) is 3.38. The third-order valence-corrected chi connectivity index (χ3v) is 1.45. The molecular formula is C9H9NO2. The van der Waals surface area contributed by atoms with Crippen LogP contribution in [-0.4, -0.2) is 17.9 Å². The van der Waals surface area contributed by atoms with Crippen molar-refractivity contribution in [2.45, 2.75) is 0 Å². The highest BCUT2D eigenvalue weighted by Gasteiger charge is 2.07. The van der Waals surface area contributed by atoms with Gasteiger partial charge in [-0.2, -0.15) is 0 Å². The summed E-state index contributed by atoms with van der Waals surface area (Å²) in [5.41, 5.74) is 0.440. The summed E-state index contributed by atoms with van der Waals surface area (Å²) in [6, 6.07) is 1.64. The standard InChI is InChI=1S/C9H9NO2/c1-3-8(11)7-6-10-5-4-9(7)12-2/h3-6H,1H2,2H3. The predicted octanol–water partition coefficient (Wildman–Crippen LogP) is 1.46. The number of hydrogen-bond acceptors (Lipinski definition) is 3. The third-order valence-electron chi connectivity index (χ3n) is 1.45. The highest BCUT2D eigenvalue weighted by Crippen LogP contribution is 2.16. The van der Waals surface area contributed by atoms with Crippen LogP contribution in [0.1, 0.15) is 10.4 Å². The van der Waals surface area contributed by atoms with Gasteiger partial charge in [0.1, 0.15) is 5.75 Å². The van der Waals surface area contributed by atoms with Crippen LogP contribution in [0, 0.1) is 0 Å². The van der Waals surface area contributed by atoms with Gasteiger partial charge in [-0.3, -0.25) is 9.78 Å². The van der Waals surface area contributed by atoms with Crippen LogP contribution in [0.3, 0.4) is 0 Å². The van der Waals surface area contributed by atoms with Crippen LogP contribution in [0.15, 0.2) is 31.1 Å². The summed E-state index contributed by atoms with van der Waals surface area (Å²) in [5.74, 6) is 0.342. The number of hydrogen-bond donors (Lipinski definition) is 0. The number of methoxy groups -OCH3 is 1. The Morgan fingerprint density at radius 1 is 1.75 bits per heavy atom. The van der Waals surface area contributed by atoms with E-state index in [0.717, 1.165) is 0 Å². The van der Waals surface area contributed by atoms with E-state index in [9.17, 15) is 4.79 Å². The van der Waals surface area contributed by atoms with Crippen LogP contribution in [-0.2, 0) is 0 Å². The molecule has 0 aliphatic rings. The number of carbonyl (C=O) groups is 1. The summed E-state index contributed by atoms with van der Waals surface area (Å²) >= 11 is 0. The number of aromatic nitrogens is 1. The third kappa shape index (κ3) is 1.50. The molecule has 1 heterocycles. The van der Waals surface area contributed by atoms with Crippen LogP contribution in [0.25, 0.3) is 0 Å². The number of nitrogens with zero attached hydrogens (tertiary/aromatic N) is 1. The molecule has 0 atom stereocenters. The van der Waals surface area contributed by atoms with Crippen molar-refractivity contribution < 1.29 is 9.53 Å². The van der Waals surface area contributed by atoms with E-state index in [2.05, 4.69) is 11.6 Å². The maximum Gasteiger partial charge on any atom is 0.190 e. The lowest BCUT2D eigenvalue weighted by Gasteiger charge is -2.02. The van der Waals surface area contributed by atoms with E-state index in [1.807, 2.05) is 0 Å². The molecule has 0 N–H and O–H groups in total. The molecule has 0 fully saturated rings. The van der Waals surface area contributed by atoms with Crippen LogP contribution in [0.2, 0.25) is 0 Å². The zero-order chi connectivity index (χ0) is 8.97. The van der Waals surface area contributed by atoms with Gasteiger partial charge in [0.05, 0.1) is 12.7 Å². The minimum absolute atomic E-state index is 0.181. The monoisotopic (exact) mass is 163 g/mol. The number of ketones is 1. The molecular weight excluding hydrogens is 154 g/mol. The van der Waals surface area contributed by atoms with Crippen molar-refractivity contribution in [2.75, 3.05) is 7.11 Å². The Morgan fingerprint density at radius 3 is 3.08 bits per heavy atom. The van der Waals surface area contributed by atoms with Crippen molar-refractivity contribution >= 4 is 5.78 Å². The first-order valence-electron chi connectivity index (χ1n) is 3.44. The average molecular weight is 163 g/mol. The molecule has 0 spiro atoms. The lowest BCUT2D eigenvalue weighted by molar-refractivity contribution is 0.104. The maximum atomic E-state index is 11.2. The zero-order valence-electron chi connectivity index (χ0n) is 6.78. The molecule has 1 aromatic rings. The van der Waals surface area contributed by atoms with Gasteiger partial charge < -0.3 is 4.74 Å². The predicted molar refractivity (Wildman–Crippen MR) is 45.3 cm³/mol. The number of carbonyl (C=O) groups excluding carboxylic acids is 1. The summed E-state index contributed by atoms with van der Waals surface area (Å²) in [4.78, 5) is 15.0. The lowest BCUT2D eigenvalue weighted by atomic mass is 10.2. The van der Waals surface area contributed by atoms with Crippen molar-refractivity contribution in [1.29, 1.82) is 0 Å². The topological polar surface area (TPSA) is 39.2 Å². The van der Waals surface area contributed by atoms with Gasteiger partial charge in [-0.25, -0.2) is 0 Å². The minimum atomic E-state index is -0.181. The SMILES string of the molecule is C=CC(=O)c1cnccc1OC. The number of pyridine rings is 1. The second-order valence-corrected chi connectivity index (χ2v) is 2.14. The zero-order valence-corrected chi connectivity index (χ0v) is 6.78. The molecule has 0 aromatic carbocycles. The Balaban J connectivity index is 3.13. The molecule has 12 heavy (non-hydrogen) atoms. The second-order valence-electron chi connectivity index (χ2n) is 2.14. The molecule has 0 saturated heterocycles. The van der Waals surface area contributed by atoms with Gasteiger partial charge in [-0.05, 0) is 12.1 Å². The largest absolute Gasteiger partial charge is 0.496 e. The molecule has 3 heteroatoms. The van der Waals surface area contributed by atoms with Crippen molar-refractivity contribution in [1.82, 2.24) is 4.98 Å². The molecule has 62 valence electrons. The van der Waals surface area contributed by atoms with E-state index in [4.69, 9.17) is 4.74 Å². The van der Waals surface area contributed by atoms with E-state index in [1.54, 1.807) is 12.3 Å². The van der Waals surface area contributed by atoms with E-state index in [1.165, 1.54) is 19.4 Å². The van der Waals surface area contributed by atoms with Gasteiger partial charge in [-0.15, -0.1) is 0 Å². The van der Waals surface area contributed by atoms with E-state index in [-0.39, 0.29) is 5.78 Å². The summed E-state index contributed by atoms with van der Waals surface area (Å²) in [5, 5.41) is 0. The fourth-order valence-corrected chi connectivity index (χ4v) is 0.855. The smallest absolute Gasteiger partial charge is 0.190 e. The number of allylic oxidation sites excluding steroid dienone is 1. The van der Waals surface area contributed by atoms with Gasteiger partial charge in [0.15, 0.2) is 5.78 Å². The molecule has 3 nitrogen and oxygen atoms in total. The Labute approximate surface area is 70.7 Å². The van der Waals surface area contributed by atoms with Crippen molar-refractivity contribution in [3.63, 3.8) is 0 Å². The summed E-state index contributed by atoms with van der Waals surface area (Å²) in [7, 11) is 1.51. The van der Waals surface area contributed by atoms with Crippen molar-refractivity contribution in [3.8, 4) is 5.75 Å². The second kappa shape index (κ2) is 3.67. The molecule has 0 aliphatic heterocycles. The molecule has 0 bridgehead atoms. The van der Waals surface area contributed by atoms with Gasteiger partial charge in [0.25, 0.3) is 0 Å². The normalized spacial score (nSPS) is 9.08. The first-order chi connectivity index (χ1) is 5.79. The van der Waals surface area contributed by atoms with Crippen molar-refractivity contribution in [2.24, 2.45) is 0 Å². The van der Waals surface area contributed by atoms with Crippen LogP contribution < -0.4 is 4.74 Å². The van der Waals surface area contributed by atoms with Gasteiger partial charge in [0.2, 0.25) is 0 Å². The molecule has 0 amide bonds. The van der Waals surface area contributed by atoms with Gasteiger partial charge in [-0.1, -0.05) is 6.58 Å². The molecule has 0 saturated carbocycles. The average Bonchev–Trinajstić information content (AvgIpc) is 2.16. The van der Waals surface area contributed by atoms with Crippen LogP contribution >= 0.6 is 0 Å². The first kappa shape index (κ1) is 8.46. The highest BCUT2D eigenvalue weighted by atomic mass is 16.5. The lowest BCUT2D eigenvalue weighted by Crippen LogP contribution is -1.98. The summed E-state index contributed by atoms with van der Waals surface area (Å²) in [6.07, 6.45) is 4.26. The van der Waals surface area contributed by atoms with Gasteiger partial charge in [0, 0.05) is 12.4 Å². The summed E-state index contributed by atoms with van der Waals surface area (Å²) < 4.78 is 4.96. The first-order valence-corrected chi connectivity index (χ1v) is 3.44. The van der Waals surface area contributed by atoms with Gasteiger partial charge >= 0.3 is 0 Å². The van der Waals surface area contributed by atoms with E-state index < -0.39 is 0 Å². The fraction of sp³-hybridized carbons (Fsp3) is 0.111. The number of rotatable bonds is 3. The number of ether oxygens (including phenoxy) is 1. The fourth-order valence-electron chi connectivity index (χ4n) is 0.855. The van der Waals surface area contributed by atoms with Crippen LogP contribution in [0.5, 0.6) is 5.75 Å². The Kier molecular flexibility index (Phi) is 2.58. The van der Waals surface area contributed by atoms with E-state index in [0.29, 0.717) is 11.3 Å². The Bertz CT molecular complexity index is 307. The quantitative estimate of drug-likeness (QED) is 0.500. The molecule has 1 rings (SSSR count). The molecule has 0 aliphatic carbocycles.